The summed E-state index contributed by atoms with van der Waals surface area (Å²) in [6.07, 6.45) is 3.46. The first-order chi connectivity index (χ1) is 5.18. The summed E-state index contributed by atoms with van der Waals surface area (Å²) in [5.41, 5.74) is 0. The predicted molar refractivity (Wildman–Crippen MR) is 50.5 cm³/mol. The van der Waals surface area contributed by atoms with Crippen LogP contribution in [0.5, 0.6) is 5.88 Å². The number of aromatic nitrogens is 2. The second-order valence-corrected chi connectivity index (χ2v) is 3.45. The fourth-order valence-electron chi connectivity index (χ4n) is 0.603. The van der Waals surface area contributed by atoms with E-state index in [1.165, 1.54) is 0 Å². The Labute approximate surface area is 79.3 Å². The zero-order valence-corrected chi connectivity index (χ0v) is 8.57. The minimum atomic E-state index is 0.157. The Balaban J connectivity index is 2.66. The molecule has 0 unspecified atom stereocenters. The zero-order valence-electron chi connectivity index (χ0n) is 6.41. The van der Waals surface area contributed by atoms with Gasteiger partial charge >= 0.3 is 0 Å². The molecule has 0 saturated heterocycles. The van der Waals surface area contributed by atoms with Gasteiger partial charge in [0.2, 0.25) is 5.88 Å². The Morgan fingerprint density at radius 2 is 2.09 bits per heavy atom. The topological polar surface area (TPSA) is 35.0 Å². The van der Waals surface area contributed by atoms with Crippen molar-refractivity contribution >= 4 is 22.6 Å². The molecule has 0 fully saturated rings. The van der Waals surface area contributed by atoms with E-state index in [0.29, 0.717) is 5.88 Å². The molecule has 0 aromatic carbocycles. The zero-order chi connectivity index (χ0) is 8.27. The third-order valence-electron chi connectivity index (χ3n) is 0.953. The molecule has 1 rings (SSSR count). The van der Waals surface area contributed by atoms with Gasteiger partial charge in [0, 0.05) is 0 Å². The number of rotatable bonds is 2. The summed E-state index contributed by atoms with van der Waals surface area (Å²) in [5.74, 6) is 0.584. The smallest absolute Gasteiger partial charge is 0.232 e. The summed E-state index contributed by atoms with van der Waals surface area (Å²) >= 11 is 2.10. The van der Waals surface area contributed by atoms with Crippen LogP contribution < -0.4 is 4.74 Å². The molecular weight excluding hydrogens is 255 g/mol. The van der Waals surface area contributed by atoms with Crippen molar-refractivity contribution < 1.29 is 4.74 Å². The first-order valence-electron chi connectivity index (χ1n) is 3.32. The second-order valence-electron chi connectivity index (χ2n) is 2.34. The van der Waals surface area contributed by atoms with E-state index in [1.807, 2.05) is 13.8 Å². The summed E-state index contributed by atoms with van der Waals surface area (Å²) in [6.45, 7) is 3.92. The van der Waals surface area contributed by atoms with Crippen molar-refractivity contribution in [2.45, 2.75) is 20.0 Å². The Hall–Kier alpha value is -0.390. The van der Waals surface area contributed by atoms with E-state index in [-0.39, 0.29) is 6.10 Å². The van der Waals surface area contributed by atoms with Crippen molar-refractivity contribution in [1.29, 1.82) is 0 Å². The molecule has 0 aliphatic rings. The lowest BCUT2D eigenvalue weighted by Crippen LogP contribution is -2.07. The van der Waals surface area contributed by atoms with Crippen LogP contribution in [-0.2, 0) is 0 Å². The summed E-state index contributed by atoms with van der Waals surface area (Å²) in [6, 6.07) is 0. The van der Waals surface area contributed by atoms with E-state index >= 15 is 0 Å². The van der Waals surface area contributed by atoms with E-state index in [0.717, 1.165) is 3.70 Å². The van der Waals surface area contributed by atoms with Crippen LogP contribution in [0.15, 0.2) is 12.4 Å². The number of nitrogens with zero attached hydrogens (tertiary/aromatic N) is 2. The Bertz CT molecular complexity index is 222. The third-order valence-corrected chi connectivity index (χ3v) is 1.51. The molecule has 0 saturated carbocycles. The summed E-state index contributed by atoms with van der Waals surface area (Å²) in [4.78, 5) is 8.06. The van der Waals surface area contributed by atoms with Crippen LogP contribution in [0, 0.1) is 3.70 Å². The highest BCUT2D eigenvalue weighted by molar-refractivity contribution is 14.1. The highest BCUT2D eigenvalue weighted by atomic mass is 127. The molecular formula is C7H9IN2O. The highest BCUT2D eigenvalue weighted by Crippen LogP contribution is 2.06. The molecule has 0 aliphatic carbocycles. The molecule has 1 heterocycles. The van der Waals surface area contributed by atoms with Crippen molar-refractivity contribution in [1.82, 2.24) is 9.97 Å². The molecule has 0 atom stereocenters. The van der Waals surface area contributed by atoms with E-state index in [1.54, 1.807) is 12.4 Å². The molecule has 3 nitrogen and oxygen atoms in total. The van der Waals surface area contributed by atoms with Crippen molar-refractivity contribution in [3.63, 3.8) is 0 Å². The van der Waals surface area contributed by atoms with Crippen LogP contribution in [0.3, 0.4) is 0 Å². The highest BCUT2D eigenvalue weighted by Gasteiger charge is 1.97. The fourth-order valence-corrected chi connectivity index (χ4v) is 0.881. The SMILES string of the molecule is CC(C)Oc1cnc(I)cn1. The average molecular weight is 264 g/mol. The van der Waals surface area contributed by atoms with Gasteiger partial charge in [0.1, 0.15) is 3.70 Å². The average Bonchev–Trinajstić information content (AvgIpc) is 1.93. The minimum Gasteiger partial charge on any atom is -0.474 e. The van der Waals surface area contributed by atoms with Gasteiger partial charge in [-0.15, -0.1) is 0 Å². The Morgan fingerprint density at radius 3 is 2.55 bits per heavy atom. The molecule has 60 valence electrons. The van der Waals surface area contributed by atoms with Crippen LogP contribution in [0.1, 0.15) is 13.8 Å². The molecule has 4 heteroatoms. The summed E-state index contributed by atoms with van der Waals surface area (Å²) in [7, 11) is 0. The molecule has 0 radical (unpaired) electrons. The predicted octanol–water partition coefficient (Wildman–Crippen LogP) is 1.87. The van der Waals surface area contributed by atoms with E-state index in [9.17, 15) is 0 Å². The summed E-state index contributed by atoms with van der Waals surface area (Å²) < 4.78 is 6.17. The Morgan fingerprint density at radius 1 is 1.36 bits per heavy atom. The molecule has 11 heavy (non-hydrogen) atoms. The number of hydrogen-bond acceptors (Lipinski definition) is 3. The lowest BCUT2D eigenvalue weighted by molar-refractivity contribution is 0.231. The van der Waals surface area contributed by atoms with E-state index < -0.39 is 0 Å². The van der Waals surface area contributed by atoms with E-state index in [2.05, 4.69) is 32.6 Å². The first-order valence-corrected chi connectivity index (χ1v) is 4.40. The van der Waals surface area contributed by atoms with Crippen LogP contribution in [-0.4, -0.2) is 16.1 Å². The van der Waals surface area contributed by atoms with Gasteiger partial charge in [0.05, 0.1) is 18.5 Å². The lowest BCUT2D eigenvalue weighted by Gasteiger charge is -2.06. The number of ether oxygens (including phenoxy) is 1. The molecule has 0 aliphatic heterocycles. The normalized spacial score (nSPS) is 10.2. The monoisotopic (exact) mass is 264 g/mol. The van der Waals surface area contributed by atoms with Crippen molar-refractivity contribution in [3.05, 3.63) is 16.1 Å². The van der Waals surface area contributed by atoms with Gasteiger partial charge in [-0.1, -0.05) is 0 Å². The molecule has 0 spiro atoms. The van der Waals surface area contributed by atoms with Gasteiger partial charge in [-0.05, 0) is 36.4 Å². The quantitative estimate of drug-likeness (QED) is 0.765. The molecule has 0 amide bonds. The van der Waals surface area contributed by atoms with Crippen LogP contribution in [0.4, 0.5) is 0 Å². The maximum Gasteiger partial charge on any atom is 0.232 e. The number of halogens is 1. The molecule has 0 N–H and O–H groups in total. The molecule has 1 aromatic rings. The van der Waals surface area contributed by atoms with E-state index in [4.69, 9.17) is 4.74 Å². The minimum absolute atomic E-state index is 0.157. The third kappa shape index (κ3) is 3.00. The fraction of sp³-hybridized carbons (Fsp3) is 0.429. The van der Waals surface area contributed by atoms with Crippen molar-refractivity contribution in [3.8, 4) is 5.88 Å². The van der Waals surface area contributed by atoms with Crippen molar-refractivity contribution in [2.24, 2.45) is 0 Å². The van der Waals surface area contributed by atoms with Crippen molar-refractivity contribution in [2.75, 3.05) is 0 Å². The van der Waals surface area contributed by atoms with Crippen LogP contribution >= 0.6 is 22.6 Å². The van der Waals surface area contributed by atoms with Gasteiger partial charge in [0.15, 0.2) is 0 Å². The number of hydrogen-bond donors (Lipinski definition) is 0. The lowest BCUT2D eigenvalue weighted by atomic mass is 10.5. The van der Waals surface area contributed by atoms with Crippen LogP contribution in [0.2, 0.25) is 0 Å². The van der Waals surface area contributed by atoms with Crippen LogP contribution in [0.25, 0.3) is 0 Å². The Kier molecular flexibility index (Phi) is 3.04. The second kappa shape index (κ2) is 3.85. The van der Waals surface area contributed by atoms with Gasteiger partial charge in [-0.25, -0.2) is 9.97 Å². The van der Waals surface area contributed by atoms with Gasteiger partial charge in [-0.3, -0.25) is 0 Å². The van der Waals surface area contributed by atoms with Gasteiger partial charge < -0.3 is 4.74 Å². The maximum absolute atomic E-state index is 5.29. The largest absolute Gasteiger partial charge is 0.474 e. The summed E-state index contributed by atoms with van der Waals surface area (Å²) in [5, 5.41) is 0. The maximum atomic E-state index is 5.29. The van der Waals surface area contributed by atoms with Gasteiger partial charge in [0.25, 0.3) is 0 Å². The van der Waals surface area contributed by atoms with Gasteiger partial charge in [-0.2, -0.15) is 0 Å². The molecule has 0 bridgehead atoms. The molecule has 1 aromatic heterocycles. The first kappa shape index (κ1) is 8.70. The standard InChI is InChI=1S/C7H9IN2O/c1-5(2)11-7-4-9-6(8)3-10-7/h3-5H,1-2H3.